The van der Waals surface area contributed by atoms with Crippen LogP contribution in [0, 0.1) is 5.92 Å². The van der Waals surface area contributed by atoms with Crippen LogP contribution in [-0.2, 0) is 16.0 Å². The van der Waals surface area contributed by atoms with Gasteiger partial charge in [-0.3, -0.25) is 4.79 Å². The van der Waals surface area contributed by atoms with Gasteiger partial charge < -0.3 is 4.74 Å². The SMILES string of the molecule is CCOC(C(=O)CCc1ccccc1)C1CCCCC1. The first-order chi connectivity index (χ1) is 9.81. The summed E-state index contributed by atoms with van der Waals surface area (Å²) >= 11 is 0. The zero-order valence-corrected chi connectivity index (χ0v) is 12.5. The van der Waals surface area contributed by atoms with E-state index in [9.17, 15) is 4.79 Å². The van der Waals surface area contributed by atoms with Crippen LogP contribution in [-0.4, -0.2) is 18.5 Å². The second-order valence-electron chi connectivity index (χ2n) is 5.73. The fourth-order valence-electron chi connectivity index (χ4n) is 3.16. The highest BCUT2D eigenvalue weighted by Gasteiger charge is 2.29. The number of carbonyl (C=O) groups excluding carboxylic acids is 1. The molecule has 0 aromatic heterocycles. The van der Waals surface area contributed by atoms with E-state index >= 15 is 0 Å². The van der Waals surface area contributed by atoms with Gasteiger partial charge in [0.1, 0.15) is 6.10 Å². The molecule has 1 unspecified atom stereocenters. The summed E-state index contributed by atoms with van der Waals surface area (Å²) < 4.78 is 5.78. The summed E-state index contributed by atoms with van der Waals surface area (Å²) in [4.78, 5) is 12.5. The van der Waals surface area contributed by atoms with Gasteiger partial charge in [-0.05, 0) is 37.7 Å². The van der Waals surface area contributed by atoms with E-state index < -0.39 is 0 Å². The van der Waals surface area contributed by atoms with Crippen molar-refractivity contribution < 1.29 is 9.53 Å². The average Bonchev–Trinajstić information content (AvgIpc) is 2.52. The van der Waals surface area contributed by atoms with Gasteiger partial charge in [0.25, 0.3) is 0 Å². The molecule has 0 amide bonds. The molecular weight excluding hydrogens is 248 g/mol. The molecule has 20 heavy (non-hydrogen) atoms. The Morgan fingerprint density at radius 1 is 1.20 bits per heavy atom. The fraction of sp³-hybridized carbons (Fsp3) is 0.611. The smallest absolute Gasteiger partial charge is 0.162 e. The Bertz CT molecular complexity index is 393. The Hall–Kier alpha value is -1.15. The van der Waals surface area contributed by atoms with Crippen LogP contribution in [0.25, 0.3) is 0 Å². The van der Waals surface area contributed by atoms with Crippen LogP contribution in [0.2, 0.25) is 0 Å². The Labute approximate surface area is 122 Å². The molecule has 2 nitrogen and oxygen atoms in total. The van der Waals surface area contributed by atoms with Crippen molar-refractivity contribution in [3.63, 3.8) is 0 Å². The summed E-state index contributed by atoms with van der Waals surface area (Å²) in [5, 5.41) is 0. The molecule has 0 radical (unpaired) electrons. The summed E-state index contributed by atoms with van der Waals surface area (Å²) in [6.45, 7) is 2.62. The maximum atomic E-state index is 12.5. The number of ketones is 1. The fourth-order valence-corrected chi connectivity index (χ4v) is 3.16. The van der Waals surface area contributed by atoms with Crippen molar-refractivity contribution in [1.82, 2.24) is 0 Å². The van der Waals surface area contributed by atoms with E-state index in [4.69, 9.17) is 4.74 Å². The first-order valence-electron chi connectivity index (χ1n) is 7.99. The van der Waals surface area contributed by atoms with Crippen molar-refractivity contribution >= 4 is 5.78 Å². The van der Waals surface area contributed by atoms with E-state index in [0.29, 0.717) is 24.7 Å². The van der Waals surface area contributed by atoms with Crippen LogP contribution in [0.15, 0.2) is 30.3 Å². The molecule has 1 saturated carbocycles. The van der Waals surface area contributed by atoms with E-state index in [2.05, 4.69) is 12.1 Å². The summed E-state index contributed by atoms with van der Waals surface area (Å²) in [6, 6.07) is 10.2. The first kappa shape index (κ1) is 15.2. The van der Waals surface area contributed by atoms with E-state index in [1.807, 2.05) is 25.1 Å². The van der Waals surface area contributed by atoms with E-state index in [-0.39, 0.29) is 6.10 Å². The van der Waals surface area contributed by atoms with Gasteiger partial charge in [0.15, 0.2) is 5.78 Å². The van der Waals surface area contributed by atoms with Gasteiger partial charge in [0.05, 0.1) is 0 Å². The lowest BCUT2D eigenvalue weighted by Gasteiger charge is -2.29. The van der Waals surface area contributed by atoms with Gasteiger partial charge in [-0.15, -0.1) is 0 Å². The number of hydrogen-bond donors (Lipinski definition) is 0. The quantitative estimate of drug-likeness (QED) is 0.746. The highest BCUT2D eigenvalue weighted by molar-refractivity contribution is 5.83. The van der Waals surface area contributed by atoms with Crippen molar-refractivity contribution in [2.24, 2.45) is 5.92 Å². The molecule has 1 atom stereocenters. The van der Waals surface area contributed by atoms with Crippen LogP contribution >= 0.6 is 0 Å². The molecule has 1 aliphatic carbocycles. The van der Waals surface area contributed by atoms with E-state index in [0.717, 1.165) is 19.3 Å². The molecule has 0 saturated heterocycles. The van der Waals surface area contributed by atoms with Crippen LogP contribution in [0.5, 0.6) is 0 Å². The number of ether oxygens (including phenoxy) is 1. The third-order valence-electron chi connectivity index (χ3n) is 4.24. The summed E-state index contributed by atoms with van der Waals surface area (Å²) in [6.07, 6.45) is 7.39. The lowest BCUT2D eigenvalue weighted by Crippen LogP contribution is -2.34. The molecule has 0 heterocycles. The van der Waals surface area contributed by atoms with Gasteiger partial charge in [0, 0.05) is 13.0 Å². The van der Waals surface area contributed by atoms with Crippen molar-refractivity contribution in [2.45, 2.75) is 58.0 Å². The molecule has 0 spiro atoms. The minimum atomic E-state index is -0.163. The van der Waals surface area contributed by atoms with Crippen molar-refractivity contribution in [1.29, 1.82) is 0 Å². The standard InChI is InChI=1S/C18H26O2/c1-2-20-18(16-11-7-4-8-12-16)17(19)14-13-15-9-5-3-6-10-15/h3,5-6,9-10,16,18H,2,4,7-8,11-14H2,1H3. The minimum absolute atomic E-state index is 0.163. The monoisotopic (exact) mass is 274 g/mol. The van der Waals surface area contributed by atoms with Crippen LogP contribution < -0.4 is 0 Å². The minimum Gasteiger partial charge on any atom is -0.370 e. The van der Waals surface area contributed by atoms with Gasteiger partial charge in [0.2, 0.25) is 0 Å². The summed E-state index contributed by atoms with van der Waals surface area (Å²) in [5.41, 5.74) is 1.24. The lowest BCUT2D eigenvalue weighted by atomic mass is 9.83. The molecule has 1 fully saturated rings. The maximum Gasteiger partial charge on any atom is 0.162 e. The van der Waals surface area contributed by atoms with Crippen molar-refractivity contribution in [3.05, 3.63) is 35.9 Å². The number of Topliss-reactive ketones (excluding diaryl/α,β-unsaturated/α-hetero) is 1. The maximum absolute atomic E-state index is 12.5. The van der Waals surface area contributed by atoms with E-state index in [1.165, 1.54) is 24.8 Å². The number of rotatable bonds is 7. The molecule has 2 heteroatoms. The molecule has 2 rings (SSSR count). The number of benzene rings is 1. The molecule has 110 valence electrons. The highest BCUT2D eigenvalue weighted by Crippen LogP contribution is 2.29. The zero-order chi connectivity index (χ0) is 14.2. The van der Waals surface area contributed by atoms with Crippen LogP contribution in [0.1, 0.15) is 51.0 Å². The van der Waals surface area contributed by atoms with Gasteiger partial charge in [-0.1, -0.05) is 49.6 Å². The predicted molar refractivity (Wildman–Crippen MR) is 81.8 cm³/mol. The number of carbonyl (C=O) groups is 1. The first-order valence-corrected chi connectivity index (χ1v) is 7.99. The van der Waals surface area contributed by atoms with Crippen LogP contribution in [0.3, 0.4) is 0 Å². The Balaban J connectivity index is 1.89. The highest BCUT2D eigenvalue weighted by atomic mass is 16.5. The molecule has 0 aliphatic heterocycles. The predicted octanol–water partition coefficient (Wildman–Crippen LogP) is 4.17. The zero-order valence-electron chi connectivity index (χ0n) is 12.5. The third-order valence-corrected chi connectivity index (χ3v) is 4.24. The largest absolute Gasteiger partial charge is 0.370 e. The Kier molecular flexibility index (Phi) is 6.25. The van der Waals surface area contributed by atoms with Crippen LogP contribution in [0.4, 0.5) is 0 Å². The number of aryl methyl sites for hydroxylation is 1. The van der Waals surface area contributed by atoms with Gasteiger partial charge >= 0.3 is 0 Å². The average molecular weight is 274 g/mol. The second-order valence-corrected chi connectivity index (χ2v) is 5.73. The topological polar surface area (TPSA) is 26.3 Å². The Morgan fingerprint density at radius 2 is 1.90 bits per heavy atom. The molecule has 1 aromatic rings. The van der Waals surface area contributed by atoms with Gasteiger partial charge in [-0.25, -0.2) is 0 Å². The molecule has 1 aliphatic rings. The van der Waals surface area contributed by atoms with Crippen molar-refractivity contribution in [3.8, 4) is 0 Å². The van der Waals surface area contributed by atoms with E-state index in [1.54, 1.807) is 0 Å². The number of hydrogen-bond acceptors (Lipinski definition) is 2. The Morgan fingerprint density at radius 3 is 2.55 bits per heavy atom. The lowest BCUT2D eigenvalue weighted by molar-refractivity contribution is -0.134. The van der Waals surface area contributed by atoms with Gasteiger partial charge in [-0.2, -0.15) is 0 Å². The summed E-state index contributed by atoms with van der Waals surface area (Å²) in [7, 11) is 0. The third kappa shape index (κ3) is 4.45. The summed E-state index contributed by atoms with van der Waals surface area (Å²) in [5.74, 6) is 0.745. The molecule has 0 N–H and O–H groups in total. The molecule has 0 bridgehead atoms. The van der Waals surface area contributed by atoms with Crippen molar-refractivity contribution in [2.75, 3.05) is 6.61 Å². The molecule has 1 aromatic carbocycles. The second kappa shape index (κ2) is 8.21. The molecular formula is C18H26O2. The normalized spacial score (nSPS) is 17.9.